The Kier molecular flexibility index (Phi) is 4.53. The molecule has 4 N–H and O–H groups in total. The summed E-state index contributed by atoms with van der Waals surface area (Å²) in [7, 11) is 0. The Morgan fingerprint density at radius 2 is 1.89 bits per heavy atom. The number of amides is 4. The molecule has 0 aromatic heterocycles. The normalized spacial score (nSPS) is 27.0. The summed E-state index contributed by atoms with van der Waals surface area (Å²) in [4.78, 5) is 49.8. The van der Waals surface area contributed by atoms with Gasteiger partial charge in [-0.3, -0.25) is 29.4 Å². The van der Waals surface area contributed by atoms with Crippen molar-refractivity contribution in [1.82, 2.24) is 15.5 Å². The number of hydrogen-bond acceptors (Lipinski definition) is 6. The van der Waals surface area contributed by atoms with Gasteiger partial charge in [0.05, 0.1) is 11.1 Å². The summed E-state index contributed by atoms with van der Waals surface area (Å²) < 4.78 is 0. The second-order valence-electron chi connectivity index (χ2n) is 7.45. The average molecular weight is 370 g/mol. The molecule has 1 unspecified atom stereocenters. The molecule has 2 fully saturated rings. The molecule has 27 heavy (non-hydrogen) atoms. The van der Waals surface area contributed by atoms with Crippen molar-refractivity contribution < 1.29 is 19.2 Å². The fourth-order valence-corrected chi connectivity index (χ4v) is 3.88. The Bertz CT molecular complexity index is 837. The second kappa shape index (κ2) is 6.86. The Balaban J connectivity index is 1.45. The molecular weight excluding hydrogens is 348 g/mol. The van der Waals surface area contributed by atoms with Crippen molar-refractivity contribution in [2.45, 2.75) is 31.8 Å². The van der Waals surface area contributed by atoms with Gasteiger partial charge in [-0.25, -0.2) is 0 Å². The first-order chi connectivity index (χ1) is 13.0. The van der Waals surface area contributed by atoms with Crippen LogP contribution >= 0.6 is 0 Å². The number of rotatable bonds is 6. The van der Waals surface area contributed by atoms with Crippen molar-refractivity contribution in [2.24, 2.45) is 17.6 Å². The van der Waals surface area contributed by atoms with E-state index in [0.717, 1.165) is 30.0 Å². The van der Waals surface area contributed by atoms with Crippen LogP contribution in [0.15, 0.2) is 18.2 Å². The topological polar surface area (TPSA) is 122 Å². The third-order valence-corrected chi connectivity index (χ3v) is 5.61. The van der Waals surface area contributed by atoms with Crippen LogP contribution in [-0.2, 0) is 16.1 Å². The molecule has 2 heterocycles. The van der Waals surface area contributed by atoms with Crippen LogP contribution in [0.3, 0.4) is 0 Å². The lowest BCUT2D eigenvalue weighted by Crippen LogP contribution is -2.54. The van der Waals surface area contributed by atoms with E-state index in [1.165, 1.54) is 0 Å². The van der Waals surface area contributed by atoms with Gasteiger partial charge in [0.2, 0.25) is 11.8 Å². The molecule has 1 saturated heterocycles. The quantitative estimate of drug-likeness (QED) is 0.595. The van der Waals surface area contributed by atoms with Gasteiger partial charge in [0.1, 0.15) is 6.04 Å². The van der Waals surface area contributed by atoms with E-state index in [-0.39, 0.29) is 18.7 Å². The molecule has 0 radical (unpaired) electrons. The molecule has 0 spiro atoms. The summed E-state index contributed by atoms with van der Waals surface area (Å²) in [6.45, 7) is 2.20. The van der Waals surface area contributed by atoms with Crippen molar-refractivity contribution in [1.29, 1.82) is 0 Å². The minimum Gasteiger partial charge on any atom is -0.330 e. The largest absolute Gasteiger partial charge is 0.330 e. The molecule has 4 rings (SSSR count). The molecule has 142 valence electrons. The van der Waals surface area contributed by atoms with Gasteiger partial charge in [0.15, 0.2) is 0 Å². The highest BCUT2D eigenvalue weighted by Crippen LogP contribution is 2.36. The number of piperidine rings is 1. The van der Waals surface area contributed by atoms with Gasteiger partial charge >= 0.3 is 0 Å². The lowest BCUT2D eigenvalue weighted by Gasteiger charge is -2.27. The highest BCUT2D eigenvalue weighted by molar-refractivity contribution is 6.23. The van der Waals surface area contributed by atoms with Crippen LogP contribution in [0, 0.1) is 11.8 Å². The van der Waals surface area contributed by atoms with Crippen LogP contribution in [-0.4, -0.2) is 47.7 Å². The first-order valence-electron chi connectivity index (χ1n) is 9.25. The fourth-order valence-electron chi connectivity index (χ4n) is 3.88. The minimum absolute atomic E-state index is 0.115. The van der Waals surface area contributed by atoms with Gasteiger partial charge < -0.3 is 11.1 Å². The number of nitrogens with zero attached hydrogens (tertiary/aromatic N) is 1. The van der Waals surface area contributed by atoms with Gasteiger partial charge in [0.25, 0.3) is 11.8 Å². The third kappa shape index (κ3) is 3.26. The predicted molar refractivity (Wildman–Crippen MR) is 95.5 cm³/mol. The van der Waals surface area contributed by atoms with Crippen molar-refractivity contribution >= 4 is 23.6 Å². The maximum absolute atomic E-state index is 12.8. The average Bonchev–Trinajstić information content (AvgIpc) is 3.36. The first kappa shape index (κ1) is 17.8. The molecule has 1 aromatic carbocycles. The number of fused-ring (bicyclic) bond motifs is 1. The number of imide groups is 2. The third-order valence-electron chi connectivity index (χ3n) is 5.61. The van der Waals surface area contributed by atoms with E-state index in [4.69, 9.17) is 5.73 Å². The van der Waals surface area contributed by atoms with E-state index in [9.17, 15) is 19.2 Å². The molecular formula is C19H22N4O4. The number of nitrogens with one attached hydrogen (secondary N) is 2. The molecule has 1 aliphatic carbocycles. The number of benzene rings is 1. The van der Waals surface area contributed by atoms with E-state index >= 15 is 0 Å². The molecule has 8 nitrogen and oxygen atoms in total. The van der Waals surface area contributed by atoms with Crippen LogP contribution in [0.1, 0.15) is 45.5 Å². The van der Waals surface area contributed by atoms with E-state index in [1.54, 1.807) is 12.1 Å². The van der Waals surface area contributed by atoms with Gasteiger partial charge in [-0.05, 0) is 55.5 Å². The van der Waals surface area contributed by atoms with Crippen LogP contribution < -0.4 is 16.4 Å². The van der Waals surface area contributed by atoms with Crippen molar-refractivity contribution in [3.8, 4) is 0 Å². The number of hydrogen-bond donors (Lipinski definition) is 3. The zero-order valence-electron chi connectivity index (χ0n) is 14.9. The standard InChI is InChI=1S/C19H22N4O4/c20-7-11-6-12(11)9-21-8-10-1-2-13-14(5-10)19(27)23(18(13)26)15-3-4-16(24)22-17(15)25/h1-2,5,11-12,15,21H,3-4,6-9,20H2,(H,22,24,25)/t11-,12-,15?/m0/s1. The molecule has 0 bridgehead atoms. The Morgan fingerprint density at radius 3 is 2.59 bits per heavy atom. The lowest BCUT2D eigenvalue weighted by molar-refractivity contribution is -0.136. The highest BCUT2D eigenvalue weighted by atomic mass is 16.2. The van der Waals surface area contributed by atoms with Crippen molar-refractivity contribution in [2.75, 3.05) is 13.1 Å². The van der Waals surface area contributed by atoms with Crippen molar-refractivity contribution in [3.63, 3.8) is 0 Å². The zero-order valence-corrected chi connectivity index (χ0v) is 14.9. The second-order valence-corrected chi connectivity index (χ2v) is 7.45. The van der Waals surface area contributed by atoms with Crippen LogP contribution in [0.25, 0.3) is 0 Å². The SMILES string of the molecule is NC[C@@H]1C[C@H]1CNCc1ccc2c(c1)C(=O)N(C1CCC(=O)NC1=O)C2=O. The van der Waals surface area contributed by atoms with E-state index in [0.29, 0.717) is 29.5 Å². The van der Waals surface area contributed by atoms with Crippen molar-refractivity contribution in [3.05, 3.63) is 34.9 Å². The summed E-state index contributed by atoms with van der Waals surface area (Å²) in [5.74, 6) is -0.700. The maximum Gasteiger partial charge on any atom is 0.262 e. The minimum atomic E-state index is -0.931. The monoisotopic (exact) mass is 370 g/mol. The van der Waals surface area contributed by atoms with E-state index in [2.05, 4.69) is 10.6 Å². The van der Waals surface area contributed by atoms with Gasteiger partial charge in [0, 0.05) is 13.0 Å². The molecule has 3 atom stereocenters. The Hall–Kier alpha value is -2.58. The van der Waals surface area contributed by atoms with Gasteiger partial charge in [-0.1, -0.05) is 6.07 Å². The summed E-state index contributed by atoms with van der Waals surface area (Å²) >= 11 is 0. The van der Waals surface area contributed by atoms with Gasteiger partial charge in [-0.2, -0.15) is 0 Å². The summed E-state index contributed by atoms with van der Waals surface area (Å²) in [6.07, 6.45) is 1.43. The molecule has 4 amide bonds. The predicted octanol–water partition coefficient (Wildman–Crippen LogP) is -0.228. The number of carbonyl (C=O) groups excluding carboxylic acids is 4. The number of nitrogens with two attached hydrogens (primary N) is 1. The van der Waals surface area contributed by atoms with Gasteiger partial charge in [-0.15, -0.1) is 0 Å². The van der Waals surface area contributed by atoms with Crippen LogP contribution in [0.2, 0.25) is 0 Å². The smallest absolute Gasteiger partial charge is 0.262 e. The summed E-state index contributed by atoms with van der Waals surface area (Å²) in [5.41, 5.74) is 7.17. The molecule has 1 aromatic rings. The summed E-state index contributed by atoms with van der Waals surface area (Å²) in [5, 5.41) is 5.56. The zero-order chi connectivity index (χ0) is 19.1. The Morgan fingerprint density at radius 1 is 1.11 bits per heavy atom. The first-order valence-corrected chi connectivity index (χ1v) is 9.25. The summed E-state index contributed by atoms with van der Waals surface area (Å²) in [6, 6.07) is 4.23. The van der Waals surface area contributed by atoms with E-state index < -0.39 is 23.8 Å². The lowest BCUT2D eigenvalue weighted by atomic mass is 10.0. The molecule has 8 heteroatoms. The highest BCUT2D eigenvalue weighted by Gasteiger charge is 2.44. The van der Waals surface area contributed by atoms with Crippen LogP contribution in [0.5, 0.6) is 0 Å². The fraction of sp³-hybridized carbons (Fsp3) is 0.474. The van der Waals surface area contributed by atoms with E-state index in [1.807, 2.05) is 6.07 Å². The number of carbonyl (C=O) groups is 4. The molecule has 3 aliphatic rings. The Labute approximate surface area is 156 Å². The maximum atomic E-state index is 12.8. The molecule has 1 saturated carbocycles. The molecule has 2 aliphatic heterocycles. The van der Waals surface area contributed by atoms with Crippen LogP contribution in [0.4, 0.5) is 0 Å².